The van der Waals surface area contributed by atoms with E-state index in [4.69, 9.17) is 0 Å². The molecule has 0 fully saturated rings. The Morgan fingerprint density at radius 3 is 2.33 bits per heavy atom. The van der Waals surface area contributed by atoms with Crippen LogP contribution in [0.5, 0.6) is 0 Å². The second kappa shape index (κ2) is 2.83. The molecule has 0 N–H and O–H groups in total. The van der Waals surface area contributed by atoms with E-state index in [9.17, 15) is 0 Å². The molecule has 0 aliphatic heterocycles. The van der Waals surface area contributed by atoms with Crippen LogP contribution < -0.4 is 3.07 Å². The molecule has 1 aromatic carbocycles. The third-order valence-electron chi connectivity index (χ3n) is 1.50. The maximum atomic E-state index is 2.25. The average Bonchev–Trinajstić information content (AvgIpc) is 1.80. The molecule has 0 heterocycles. The summed E-state index contributed by atoms with van der Waals surface area (Å²) in [6, 6.07) is 6.69. The van der Waals surface area contributed by atoms with Crippen LogP contribution >= 0.6 is 0 Å². The van der Waals surface area contributed by atoms with Crippen LogP contribution in [0, 0.1) is 13.8 Å². The van der Waals surface area contributed by atoms with Gasteiger partial charge in [-0.3, -0.25) is 0 Å². The van der Waals surface area contributed by atoms with Gasteiger partial charge in [-0.1, -0.05) is 0 Å². The van der Waals surface area contributed by atoms with Gasteiger partial charge in [-0.2, -0.15) is 0 Å². The fourth-order valence-electron chi connectivity index (χ4n) is 0.846. The second-order valence-electron chi connectivity index (χ2n) is 2.43. The van der Waals surface area contributed by atoms with Gasteiger partial charge in [0.2, 0.25) is 0 Å². The first-order valence-corrected chi connectivity index (χ1v) is 5.84. The van der Waals surface area contributed by atoms with Crippen molar-refractivity contribution in [3.05, 3.63) is 29.3 Å². The van der Waals surface area contributed by atoms with Crippen molar-refractivity contribution in [2.24, 2.45) is 0 Å². The van der Waals surface area contributed by atoms with Crippen LogP contribution in [0.25, 0.3) is 0 Å². The van der Waals surface area contributed by atoms with Crippen LogP contribution in [-0.4, -0.2) is 0 Å². The topological polar surface area (TPSA) is 0 Å². The molecule has 0 aliphatic rings. The summed E-state index contributed by atoms with van der Waals surface area (Å²) in [4.78, 5) is 0. The molecular formula is C8H9Hg. The Bertz CT molecular complexity index is 216. The molecule has 0 bridgehead atoms. The predicted molar refractivity (Wildman–Crippen MR) is 35.5 cm³/mol. The molecule has 0 unspecified atom stereocenters. The van der Waals surface area contributed by atoms with Gasteiger partial charge < -0.3 is 0 Å². The van der Waals surface area contributed by atoms with Crippen molar-refractivity contribution in [3.63, 3.8) is 0 Å². The fraction of sp³-hybridized carbons (Fsp3) is 0.250. The van der Waals surface area contributed by atoms with Gasteiger partial charge in [-0.25, -0.2) is 0 Å². The van der Waals surface area contributed by atoms with E-state index in [1.165, 1.54) is 11.1 Å². The zero-order valence-corrected chi connectivity index (χ0v) is 11.4. The Morgan fingerprint density at radius 2 is 1.89 bits per heavy atom. The van der Waals surface area contributed by atoms with Gasteiger partial charge in [0, 0.05) is 0 Å². The normalized spacial score (nSPS) is 9.78. The third kappa shape index (κ3) is 1.79. The van der Waals surface area contributed by atoms with E-state index in [0.29, 0.717) is 0 Å². The monoisotopic (exact) mass is 307 g/mol. The molecule has 0 nitrogen and oxygen atoms in total. The zero-order valence-electron chi connectivity index (χ0n) is 5.94. The Morgan fingerprint density at radius 1 is 1.22 bits per heavy atom. The summed E-state index contributed by atoms with van der Waals surface area (Å²) in [5, 5.41) is 0. The van der Waals surface area contributed by atoms with E-state index in [-0.39, 0.29) is 0 Å². The van der Waals surface area contributed by atoms with Crippen molar-refractivity contribution in [1.82, 2.24) is 0 Å². The SMILES string of the molecule is Cc1cc[c]([Hg])c(C)c1. The second-order valence-corrected chi connectivity index (χ2v) is 5.39. The van der Waals surface area contributed by atoms with Crippen LogP contribution in [0.4, 0.5) is 0 Å². The van der Waals surface area contributed by atoms with E-state index in [1.807, 2.05) is 0 Å². The summed E-state index contributed by atoms with van der Waals surface area (Å²) in [7, 11) is 0. The fourth-order valence-corrected chi connectivity index (χ4v) is 1.70. The summed E-state index contributed by atoms with van der Waals surface area (Å²) in [6.45, 7) is 4.33. The summed E-state index contributed by atoms with van der Waals surface area (Å²) in [6.07, 6.45) is 0. The first kappa shape index (κ1) is 7.26. The molecule has 1 aromatic rings. The Labute approximate surface area is 72.3 Å². The van der Waals surface area contributed by atoms with Crippen molar-refractivity contribution in [2.75, 3.05) is 0 Å². The van der Waals surface area contributed by atoms with Gasteiger partial charge in [0.15, 0.2) is 0 Å². The van der Waals surface area contributed by atoms with Gasteiger partial charge in [0.05, 0.1) is 0 Å². The first-order valence-electron chi connectivity index (χ1n) is 3.09. The summed E-state index contributed by atoms with van der Waals surface area (Å²) in [5.41, 5.74) is 2.85. The van der Waals surface area contributed by atoms with Crippen LogP contribution in [0.3, 0.4) is 0 Å². The summed E-state index contributed by atoms with van der Waals surface area (Å²) in [5.74, 6) is 0. The average molecular weight is 306 g/mol. The number of hydrogen-bond acceptors (Lipinski definition) is 0. The van der Waals surface area contributed by atoms with E-state index >= 15 is 0 Å². The van der Waals surface area contributed by atoms with Crippen molar-refractivity contribution < 1.29 is 26.1 Å². The maximum absolute atomic E-state index is 2.25. The van der Waals surface area contributed by atoms with Gasteiger partial charge in [0.25, 0.3) is 0 Å². The van der Waals surface area contributed by atoms with Crippen molar-refractivity contribution >= 4 is 3.07 Å². The minimum absolute atomic E-state index is 0.790. The van der Waals surface area contributed by atoms with Crippen LogP contribution in [0.2, 0.25) is 0 Å². The molecule has 0 saturated carbocycles. The summed E-state index contributed by atoms with van der Waals surface area (Å²) < 4.78 is 1.57. The number of rotatable bonds is 0. The Hall–Kier alpha value is 0.155. The van der Waals surface area contributed by atoms with E-state index < -0.39 is 0 Å². The quantitative estimate of drug-likeness (QED) is 0.637. The molecule has 0 saturated heterocycles. The Kier molecular flexibility index (Phi) is 2.28. The number of benzene rings is 1. The van der Waals surface area contributed by atoms with Gasteiger partial charge in [-0.15, -0.1) is 0 Å². The predicted octanol–water partition coefficient (Wildman–Crippen LogP) is 1.48. The molecule has 1 heteroatoms. The molecule has 9 heavy (non-hydrogen) atoms. The molecule has 0 radical (unpaired) electrons. The van der Waals surface area contributed by atoms with Gasteiger partial charge in [0.1, 0.15) is 0 Å². The standard InChI is InChI=1S/C8H9.Hg/c1-7-4-3-5-8(2)6-7;/h3-4,6H,1-2H3;. The van der Waals surface area contributed by atoms with E-state index in [0.717, 1.165) is 26.1 Å². The van der Waals surface area contributed by atoms with E-state index in [1.54, 1.807) is 3.07 Å². The molecule has 43 valence electrons. The van der Waals surface area contributed by atoms with Crippen molar-refractivity contribution in [1.29, 1.82) is 0 Å². The minimum atomic E-state index is 0.790. The third-order valence-corrected chi connectivity index (χ3v) is 4.58. The van der Waals surface area contributed by atoms with Crippen LogP contribution in [0.15, 0.2) is 18.2 Å². The molecule has 0 aromatic heterocycles. The first-order chi connectivity index (χ1) is 4.20. The molecule has 0 aliphatic carbocycles. The van der Waals surface area contributed by atoms with Crippen LogP contribution in [-0.2, 0) is 26.1 Å². The summed E-state index contributed by atoms with van der Waals surface area (Å²) >= 11 is 0.790. The molecule has 0 spiro atoms. The molecule has 0 amide bonds. The van der Waals surface area contributed by atoms with E-state index in [2.05, 4.69) is 32.0 Å². The number of hydrogen-bond donors (Lipinski definition) is 0. The molecule has 1 rings (SSSR count). The van der Waals surface area contributed by atoms with Crippen molar-refractivity contribution in [2.45, 2.75) is 13.8 Å². The molecular weight excluding hydrogens is 297 g/mol. The molecule has 0 atom stereocenters. The number of aryl methyl sites for hydroxylation is 2. The van der Waals surface area contributed by atoms with Gasteiger partial charge >= 0.3 is 72.4 Å². The van der Waals surface area contributed by atoms with Gasteiger partial charge in [-0.05, 0) is 0 Å². The van der Waals surface area contributed by atoms with Crippen molar-refractivity contribution in [3.8, 4) is 0 Å². The van der Waals surface area contributed by atoms with Crippen LogP contribution in [0.1, 0.15) is 11.1 Å². The Balaban J connectivity index is 3.17. The zero-order chi connectivity index (χ0) is 6.85.